The molecule has 13 heavy (non-hydrogen) atoms. The molecule has 72 valence electrons. The molecule has 0 saturated heterocycles. The molecule has 0 N–H and O–H groups in total. The largest absolute Gasteiger partial charge is 0.258 e. The Kier molecular flexibility index (Phi) is 3.40. The van der Waals surface area contributed by atoms with E-state index in [2.05, 4.69) is 25.8 Å². The molecule has 0 saturated carbocycles. The van der Waals surface area contributed by atoms with Crippen molar-refractivity contribution >= 4 is 0 Å². The Morgan fingerprint density at radius 1 is 1.38 bits per heavy atom. The van der Waals surface area contributed by atoms with E-state index in [1.807, 2.05) is 0 Å². The predicted molar refractivity (Wildman–Crippen MR) is 52.1 cm³/mol. The molecule has 0 aliphatic rings. The highest BCUT2D eigenvalue weighted by atomic mass is 19.1. The van der Waals surface area contributed by atoms with E-state index in [4.69, 9.17) is 0 Å². The SMILES string of the molecule is CCC(C)[C@H](C)c1ccc(F)cn1. The van der Waals surface area contributed by atoms with Gasteiger partial charge in [0.2, 0.25) is 0 Å². The van der Waals surface area contributed by atoms with Crippen molar-refractivity contribution in [3.8, 4) is 0 Å². The van der Waals surface area contributed by atoms with Crippen LogP contribution in [0.15, 0.2) is 18.3 Å². The molecular weight excluding hydrogens is 165 g/mol. The topological polar surface area (TPSA) is 12.9 Å². The lowest BCUT2D eigenvalue weighted by atomic mass is 9.90. The fraction of sp³-hybridized carbons (Fsp3) is 0.545. The third kappa shape index (κ3) is 2.51. The van der Waals surface area contributed by atoms with Gasteiger partial charge in [0.1, 0.15) is 5.82 Å². The van der Waals surface area contributed by atoms with Gasteiger partial charge in [0.25, 0.3) is 0 Å². The monoisotopic (exact) mass is 181 g/mol. The highest BCUT2D eigenvalue weighted by molar-refractivity contribution is 5.10. The van der Waals surface area contributed by atoms with Crippen molar-refractivity contribution in [3.05, 3.63) is 29.8 Å². The lowest BCUT2D eigenvalue weighted by molar-refractivity contribution is 0.463. The molecule has 0 fully saturated rings. The Balaban J connectivity index is 2.77. The van der Waals surface area contributed by atoms with E-state index < -0.39 is 0 Å². The van der Waals surface area contributed by atoms with Crippen LogP contribution < -0.4 is 0 Å². The molecule has 0 aliphatic heterocycles. The number of hydrogen-bond donors (Lipinski definition) is 0. The van der Waals surface area contributed by atoms with Crippen LogP contribution in [-0.2, 0) is 0 Å². The molecule has 0 bridgehead atoms. The summed E-state index contributed by atoms with van der Waals surface area (Å²) in [6, 6.07) is 3.24. The highest BCUT2D eigenvalue weighted by Crippen LogP contribution is 2.24. The maximum absolute atomic E-state index is 12.6. The third-order valence-corrected chi connectivity index (χ3v) is 2.71. The lowest BCUT2D eigenvalue weighted by Crippen LogP contribution is -2.06. The summed E-state index contributed by atoms with van der Waals surface area (Å²) < 4.78 is 12.6. The van der Waals surface area contributed by atoms with Crippen LogP contribution in [0, 0.1) is 11.7 Å². The summed E-state index contributed by atoms with van der Waals surface area (Å²) in [6.45, 7) is 6.48. The molecule has 1 heterocycles. The van der Waals surface area contributed by atoms with Crippen LogP contribution in [0.1, 0.15) is 38.8 Å². The van der Waals surface area contributed by atoms with Crippen molar-refractivity contribution < 1.29 is 4.39 Å². The normalized spacial score (nSPS) is 15.4. The molecule has 2 heteroatoms. The van der Waals surface area contributed by atoms with Crippen molar-refractivity contribution in [3.63, 3.8) is 0 Å². The van der Waals surface area contributed by atoms with E-state index in [0.29, 0.717) is 11.8 Å². The van der Waals surface area contributed by atoms with Gasteiger partial charge in [-0.1, -0.05) is 27.2 Å². The molecule has 1 rings (SSSR count). The molecule has 0 spiro atoms. The Morgan fingerprint density at radius 2 is 2.08 bits per heavy atom. The van der Waals surface area contributed by atoms with Gasteiger partial charge in [-0.25, -0.2) is 4.39 Å². The second-order valence-electron chi connectivity index (χ2n) is 3.58. The van der Waals surface area contributed by atoms with E-state index in [1.165, 1.54) is 12.3 Å². The minimum absolute atomic E-state index is 0.264. The van der Waals surface area contributed by atoms with E-state index in [1.54, 1.807) is 6.07 Å². The predicted octanol–water partition coefficient (Wildman–Crippen LogP) is 3.37. The van der Waals surface area contributed by atoms with Crippen LogP contribution in [0.5, 0.6) is 0 Å². The first-order valence-corrected chi connectivity index (χ1v) is 4.76. The van der Waals surface area contributed by atoms with Crippen molar-refractivity contribution in [2.45, 2.75) is 33.1 Å². The summed E-state index contributed by atoms with van der Waals surface area (Å²) in [5.41, 5.74) is 0.982. The van der Waals surface area contributed by atoms with Gasteiger partial charge >= 0.3 is 0 Å². The molecule has 0 radical (unpaired) electrons. The summed E-state index contributed by atoms with van der Waals surface area (Å²) >= 11 is 0. The minimum Gasteiger partial charge on any atom is -0.258 e. The smallest absolute Gasteiger partial charge is 0.141 e. The summed E-state index contributed by atoms with van der Waals surface area (Å²) in [7, 11) is 0. The van der Waals surface area contributed by atoms with Gasteiger partial charge in [-0.2, -0.15) is 0 Å². The first-order valence-electron chi connectivity index (χ1n) is 4.76. The number of aromatic nitrogens is 1. The number of pyridine rings is 1. The quantitative estimate of drug-likeness (QED) is 0.696. The van der Waals surface area contributed by atoms with E-state index in [0.717, 1.165) is 12.1 Å². The fourth-order valence-corrected chi connectivity index (χ4v) is 1.30. The molecule has 1 aromatic heterocycles. The average molecular weight is 181 g/mol. The summed E-state index contributed by atoms with van der Waals surface area (Å²) in [6.07, 6.45) is 2.41. The maximum atomic E-state index is 12.6. The standard InChI is InChI=1S/C11H16FN/c1-4-8(2)9(3)11-6-5-10(12)7-13-11/h5-9H,4H2,1-3H3/t8?,9-/m0/s1. The number of nitrogens with zero attached hydrogens (tertiary/aromatic N) is 1. The maximum Gasteiger partial charge on any atom is 0.141 e. The second-order valence-corrected chi connectivity index (χ2v) is 3.58. The Hall–Kier alpha value is -0.920. The number of rotatable bonds is 3. The zero-order chi connectivity index (χ0) is 9.84. The summed E-state index contributed by atoms with van der Waals surface area (Å²) in [5, 5.41) is 0. The Morgan fingerprint density at radius 3 is 2.54 bits per heavy atom. The molecular formula is C11H16FN. The van der Waals surface area contributed by atoms with Gasteiger partial charge in [0, 0.05) is 11.6 Å². The van der Waals surface area contributed by atoms with Crippen LogP contribution in [0.2, 0.25) is 0 Å². The number of halogens is 1. The number of hydrogen-bond acceptors (Lipinski definition) is 1. The summed E-state index contributed by atoms with van der Waals surface area (Å²) in [4.78, 5) is 4.07. The minimum atomic E-state index is -0.264. The van der Waals surface area contributed by atoms with Gasteiger partial charge in [0.05, 0.1) is 6.20 Å². The first kappa shape index (κ1) is 10.2. The lowest BCUT2D eigenvalue weighted by Gasteiger charge is -2.17. The van der Waals surface area contributed by atoms with Gasteiger partial charge in [0.15, 0.2) is 0 Å². The van der Waals surface area contributed by atoms with Crippen LogP contribution in [0.3, 0.4) is 0 Å². The fourth-order valence-electron chi connectivity index (χ4n) is 1.30. The molecule has 1 unspecified atom stereocenters. The third-order valence-electron chi connectivity index (χ3n) is 2.71. The second kappa shape index (κ2) is 4.35. The van der Waals surface area contributed by atoms with E-state index in [9.17, 15) is 4.39 Å². The zero-order valence-corrected chi connectivity index (χ0v) is 8.42. The van der Waals surface area contributed by atoms with Crippen molar-refractivity contribution in [2.24, 2.45) is 5.92 Å². The van der Waals surface area contributed by atoms with Crippen molar-refractivity contribution in [1.82, 2.24) is 4.98 Å². The Labute approximate surface area is 79.0 Å². The van der Waals surface area contributed by atoms with Crippen molar-refractivity contribution in [2.75, 3.05) is 0 Å². The van der Waals surface area contributed by atoms with Gasteiger partial charge < -0.3 is 0 Å². The van der Waals surface area contributed by atoms with E-state index in [-0.39, 0.29) is 5.82 Å². The van der Waals surface area contributed by atoms with E-state index >= 15 is 0 Å². The van der Waals surface area contributed by atoms with Crippen LogP contribution >= 0.6 is 0 Å². The highest BCUT2D eigenvalue weighted by Gasteiger charge is 2.13. The van der Waals surface area contributed by atoms with Crippen molar-refractivity contribution in [1.29, 1.82) is 0 Å². The molecule has 2 atom stereocenters. The van der Waals surface area contributed by atoms with Gasteiger partial charge in [-0.15, -0.1) is 0 Å². The van der Waals surface area contributed by atoms with Crippen LogP contribution in [0.25, 0.3) is 0 Å². The molecule has 0 aliphatic carbocycles. The van der Waals surface area contributed by atoms with Gasteiger partial charge in [-0.05, 0) is 18.1 Å². The first-order chi connectivity index (χ1) is 6.15. The molecule has 1 aromatic rings. The molecule has 1 nitrogen and oxygen atoms in total. The Bertz CT molecular complexity index is 255. The van der Waals surface area contributed by atoms with Crippen LogP contribution in [-0.4, -0.2) is 4.98 Å². The molecule has 0 amide bonds. The van der Waals surface area contributed by atoms with Gasteiger partial charge in [-0.3, -0.25) is 4.98 Å². The van der Waals surface area contributed by atoms with Crippen LogP contribution in [0.4, 0.5) is 4.39 Å². The zero-order valence-electron chi connectivity index (χ0n) is 8.42. The average Bonchev–Trinajstić information content (AvgIpc) is 2.17. The molecule has 0 aromatic carbocycles. The summed E-state index contributed by atoms with van der Waals surface area (Å²) in [5.74, 6) is 0.740.